The Labute approximate surface area is 177 Å². The van der Waals surface area contributed by atoms with Gasteiger partial charge in [0.1, 0.15) is 5.75 Å². The molecule has 2 N–H and O–H groups in total. The zero-order valence-electron chi connectivity index (χ0n) is 17.9. The van der Waals surface area contributed by atoms with Crippen LogP contribution in [0.2, 0.25) is 0 Å². The molecule has 0 aliphatic heterocycles. The standard InChI is InChI=1S/C21H29N3O5S/c1-14(2)12-24(13-15(3)4)20-19(10-16(11-22-20)21(25)26)23-30(27,28)18-8-6-17(29-5)7-9-18/h6-11,14-15,23H,12-13H2,1-5H3,(H,25,26). The Balaban J connectivity index is 2.51. The van der Waals surface area contributed by atoms with Crippen LogP contribution in [0.3, 0.4) is 0 Å². The van der Waals surface area contributed by atoms with Gasteiger partial charge in [0.25, 0.3) is 10.0 Å². The first kappa shape index (κ1) is 23.5. The summed E-state index contributed by atoms with van der Waals surface area (Å²) in [6, 6.07) is 7.25. The lowest BCUT2D eigenvalue weighted by molar-refractivity contribution is 0.0696. The number of carboxylic acid groups (broad SMARTS) is 1. The normalized spacial score (nSPS) is 11.6. The van der Waals surface area contributed by atoms with E-state index in [4.69, 9.17) is 4.74 Å². The van der Waals surface area contributed by atoms with Crippen LogP contribution < -0.4 is 14.4 Å². The van der Waals surface area contributed by atoms with Crippen molar-refractivity contribution in [3.63, 3.8) is 0 Å². The van der Waals surface area contributed by atoms with Crippen molar-refractivity contribution in [1.29, 1.82) is 0 Å². The second kappa shape index (κ2) is 9.80. The first-order valence-corrected chi connectivity index (χ1v) is 11.2. The summed E-state index contributed by atoms with van der Waals surface area (Å²) in [5, 5.41) is 9.36. The van der Waals surface area contributed by atoms with Gasteiger partial charge in [0.2, 0.25) is 0 Å². The summed E-state index contributed by atoms with van der Waals surface area (Å²) in [6.07, 6.45) is 1.25. The van der Waals surface area contributed by atoms with E-state index < -0.39 is 16.0 Å². The largest absolute Gasteiger partial charge is 0.497 e. The lowest BCUT2D eigenvalue weighted by Gasteiger charge is -2.29. The number of carboxylic acids is 1. The molecule has 0 spiro atoms. The quantitative estimate of drug-likeness (QED) is 0.585. The third-order valence-electron chi connectivity index (χ3n) is 4.20. The molecule has 0 amide bonds. The molecule has 30 heavy (non-hydrogen) atoms. The number of aromatic nitrogens is 1. The van der Waals surface area contributed by atoms with Crippen molar-refractivity contribution in [2.75, 3.05) is 29.8 Å². The van der Waals surface area contributed by atoms with Crippen molar-refractivity contribution in [1.82, 2.24) is 4.98 Å². The highest BCUT2D eigenvalue weighted by atomic mass is 32.2. The van der Waals surface area contributed by atoms with Gasteiger partial charge in [-0.05, 0) is 42.2 Å². The van der Waals surface area contributed by atoms with Crippen LogP contribution in [0.15, 0.2) is 41.4 Å². The van der Waals surface area contributed by atoms with Gasteiger partial charge >= 0.3 is 5.97 Å². The number of sulfonamides is 1. The molecule has 1 heterocycles. The fourth-order valence-electron chi connectivity index (χ4n) is 2.99. The number of pyridine rings is 1. The summed E-state index contributed by atoms with van der Waals surface area (Å²) in [7, 11) is -2.46. The number of rotatable bonds is 10. The number of aromatic carboxylic acids is 1. The lowest BCUT2D eigenvalue weighted by Crippen LogP contribution is -2.33. The second-order valence-corrected chi connectivity index (χ2v) is 9.56. The molecule has 0 saturated heterocycles. The Kier molecular flexibility index (Phi) is 7.66. The van der Waals surface area contributed by atoms with Crippen molar-refractivity contribution in [3.05, 3.63) is 42.1 Å². The average molecular weight is 436 g/mol. The SMILES string of the molecule is COc1ccc(S(=O)(=O)Nc2cc(C(=O)O)cnc2N(CC(C)C)CC(C)C)cc1. The first-order chi connectivity index (χ1) is 14.0. The molecule has 1 aromatic heterocycles. The Morgan fingerprint density at radius 1 is 1.13 bits per heavy atom. The molecular weight excluding hydrogens is 406 g/mol. The molecule has 9 heteroatoms. The van der Waals surface area contributed by atoms with E-state index in [1.54, 1.807) is 12.1 Å². The van der Waals surface area contributed by atoms with Crippen molar-refractivity contribution in [2.24, 2.45) is 11.8 Å². The Morgan fingerprint density at radius 2 is 1.70 bits per heavy atom. The van der Waals surface area contributed by atoms with Crippen molar-refractivity contribution >= 4 is 27.5 Å². The third kappa shape index (κ3) is 6.09. The molecule has 0 radical (unpaired) electrons. The smallest absolute Gasteiger partial charge is 0.337 e. The zero-order chi connectivity index (χ0) is 22.5. The van der Waals surface area contributed by atoms with Crippen LogP contribution in [0.25, 0.3) is 0 Å². The van der Waals surface area contributed by atoms with Crippen LogP contribution in [0.5, 0.6) is 5.75 Å². The van der Waals surface area contributed by atoms with Gasteiger partial charge in [-0.1, -0.05) is 27.7 Å². The maximum absolute atomic E-state index is 13.0. The van der Waals surface area contributed by atoms with Crippen molar-refractivity contribution < 1.29 is 23.1 Å². The fraction of sp³-hybridized carbons (Fsp3) is 0.429. The molecule has 0 atom stereocenters. The minimum Gasteiger partial charge on any atom is -0.497 e. The van der Waals surface area contributed by atoms with Crippen molar-refractivity contribution in [3.8, 4) is 5.75 Å². The summed E-state index contributed by atoms with van der Waals surface area (Å²) < 4.78 is 33.5. The monoisotopic (exact) mass is 435 g/mol. The van der Waals surface area contributed by atoms with Gasteiger partial charge in [-0.2, -0.15) is 0 Å². The highest BCUT2D eigenvalue weighted by Gasteiger charge is 2.22. The second-order valence-electron chi connectivity index (χ2n) is 7.87. The van der Waals surface area contributed by atoms with Gasteiger partial charge < -0.3 is 14.7 Å². The van der Waals surface area contributed by atoms with Crippen LogP contribution in [0.1, 0.15) is 38.1 Å². The van der Waals surface area contributed by atoms with Crippen molar-refractivity contribution in [2.45, 2.75) is 32.6 Å². The number of hydrogen-bond acceptors (Lipinski definition) is 6. The number of anilines is 2. The number of hydrogen-bond donors (Lipinski definition) is 2. The van der Waals surface area contributed by atoms with Gasteiger partial charge in [-0.15, -0.1) is 0 Å². The van der Waals surface area contributed by atoms with E-state index in [2.05, 4.69) is 37.4 Å². The molecule has 0 aliphatic rings. The Bertz CT molecular complexity index is 963. The van der Waals surface area contributed by atoms with Crippen LogP contribution in [-0.4, -0.2) is 44.7 Å². The summed E-state index contributed by atoms with van der Waals surface area (Å²) in [4.78, 5) is 17.8. The van der Waals surface area contributed by atoms with E-state index in [1.807, 2.05) is 4.90 Å². The first-order valence-electron chi connectivity index (χ1n) is 9.68. The maximum atomic E-state index is 13.0. The number of nitrogens with one attached hydrogen (secondary N) is 1. The Hall–Kier alpha value is -2.81. The number of carbonyl (C=O) groups is 1. The minimum absolute atomic E-state index is 0.0363. The van der Waals surface area contributed by atoms with Crippen LogP contribution in [0, 0.1) is 11.8 Å². The number of ether oxygens (including phenoxy) is 1. The summed E-state index contributed by atoms with van der Waals surface area (Å²) >= 11 is 0. The van der Waals surface area contributed by atoms with Gasteiger partial charge in [0.15, 0.2) is 5.82 Å². The summed E-state index contributed by atoms with van der Waals surface area (Å²) in [5.74, 6) is 0.355. The van der Waals surface area contributed by atoms with E-state index in [0.29, 0.717) is 36.5 Å². The molecule has 1 aromatic carbocycles. The lowest BCUT2D eigenvalue weighted by atomic mass is 10.1. The molecule has 164 valence electrons. The fourth-order valence-corrected chi connectivity index (χ4v) is 4.04. The highest BCUT2D eigenvalue weighted by molar-refractivity contribution is 7.92. The molecule has 0 fully saturated rings. The van der Waals surface area contributed by atoms with Crippen LogP contribution >= 0.6 is 0 Å². The molecular formula is C21H29N3O5S. The topological polar surface area (TPSA) is 109 Å². The van der Waals surface area contributed by atoms with Gasteiger partial charge in [-0.25, -0.2) is 18.2 Å². The molecule has 0 saturated carbocycles. The van der Waals surface area contributed by atoms with Crippen LogP contribution in [-0.2, 0) is 10.0 Å². The van der Waals surface area contributed by atoms with Gasteiger partial charge in [0.05, 0.1) is 23.3 Å². The van der Waals surface area contributed by atoms with E-state index >= 15 is 0 Å². The molecule has 0 aliphatic carbocycles. The van der Waals surface area contributed by atoms with E-state index in [-0.39, 0.29) is 16.1 Å². The van der Waals surface area contributed by atoms with Gasteiger partial charge in [-0.3, -0.25) is 4.72 Å². The van der Waals surface area contributed by atoms with E-state index in [1.165, 1.54) is 31.5 Å². The summed E-state index contributed by atoms with van der Waals surface area (Å²) in [6.45, 7) is 9.52. The molecule has 2 rings (SSSR count). The predicted molar refractivity (Wildman–Crippen MR) is 117 cm³/mol. The van der Waals surface area contributed by atoms with E-state index in [9.17, 15) is 18.3 Å². The molecule has 2 aromatic rings. The minimum atomic E-state index is -3.96. The zero-order valence-corrected chi connectivity index (χ0v) is 18.7. The summed E-state index contributed by atoms with van der Waals surface area (Å²) in [5.41, 5.74) is 0.0345. The molecule has 8 nitrogen and oxygen atoms in total. The van der Waals surface area contributed by atoms with Gasteiger partial charge in [0, 0.05) is 19.3 Å². The predicted octanol–water partition coefficient (Wildman–Crippen LogP) is 3.71. The average Bonchev–Trinajstić information content (AvgIpc) is 2.66. The van der Waals surface area contributed by atoms with E-state index in [0.717, 1.165) is 0 Å². The van der Waals surface area contributed by atoms with Crippen LogP contribution in [0.4, 0.5) is 11.5 Å². The Morgan fingerprint density at radius 3 is 2.17 bits per heavy atom. The highest BCUT2D eigenvalue weighted by Crippen LogP contribution is 2.29. The molecule has 0 bridgehead atoms. The number of nitrogens with zero attached hydrogens (tertiary/aromatic N) is 2. The third-order valence-corrected chi connectivity index (χ3v) is 5.58. The maximum Gasteiger partial charge on any atom is 0.337 e. The number of methoxy groups -OCH3 is 1. The molecule has 0 unspecified atom stereocenters. The number of benzene rings is 1.